The highest BCUT2D eigenvalue weighted by atomic mass is 35.5. The number of rotatable bonds is 3. The first-order chi connectivity index (χ1) is 9.52. The molecule has 0 unspecified atom stereocenters. The molecule has 0 saturated carbocycles. The second-order valence-corrected chi connectivity index (χ2v) is 5.83. The number of nitrogens with zero attached hydrogens (tertiary/aromatic N) is 1. The molecule has 0 spiro atoms. The first-order valence-electron chi connectivity index (χ1n) is 5.57. The molecule has 1 nitrogen and oxygen atoms in total. The highest BCUT2D eigenvalue weighted by molar-refractivity contribution is 6.56. The lowest BCUT2D eigenvalue weighted by Crippen LogP contribution is -1.91. The SMILES string of the molecule is Clc1c(Cl)c(Cl)c(C=NCc2ccccc2)c(Cl)c1Cl. The van der Waals surface area contributed by atoms with Gasteiger partial charge >= 0.3 is 0 Å². The molecule has 0 aromatic heterocycles. The second kappa shape index (κ2) is 7.02. The van der Waals surface area contributed by atoms with Gasteiger partial charge in [-0.15, -0.1) is 0 Å². The fourth-order valence-electron chi connectivity index (χ4n) is 1.56. The molecule has 2 rings (SSSR count). The summed E-state index contributed by atoms with van der Waals surface area (Å²) in [6.45, 7) is 0.505. The third-order valence-electron chi connectivity index (χ3n) is 2.58. The van der Waals surface area contributed by atoms with Crippen LogP contribution in [0.1, 0.15) is 11.1 Å². The number of aliphatic imine (C=N–C) groups is 1. The van der Waals surface area contributed by atoms with E-state index in [0.717, 1.165) is 5.56 Å². The van der Waals surface area contributed by atoms with Crippen LogP contribution in [0.15, 0.2) is 35.3 Å². The Labute approximate surface area is 142 Å². The maximum Gasteiger partial charge on any atom is 0.0809 e. The average Bonchev–Trinajstić information content (AvgIpc) is 2.48. The minimum Gasteiger partial charge on any atom is -0.288 e. The summed E-state index contributed by atoms with van der Waals surface area (Å²) in [5, 5.41) is 0.960. The number of hydrogen-bond acceptors (Lipinski definition) is 1. The van der Waals surface area contributed by atoms with Crippen LogP contribution in [-0.4, -0.2) is 6.21 Å². The summed E-state index contributed by atoms with van der Waals surface area (Å²) in [6, 6.07) is 9.78. The zero-order chi connectivity index (χ0) is 14.7. The van der Waals surface area contributed by atoms with Crippen LogP contribution in [0.2, 0.25) is 25.1 Å². The Morgan fingerprint density at radius 3 is 1.80 bits per heavy atom. The molecule has 2 aromatic carbocycles. The highest BCUT2D eigenvalue weighted by Gasteiger charge is 2.17. The molecule has 0 fully saturated rings. The van der Waals surface area contributed by atoms with Gasteiger partial charge in [0.15, 0.2) is 0 Å². The van der Waals surface area contributed by atoms with E-state index in [-0.39, 0.29) is 25.1 Å². The van der Waals surface area contributed by atoms with E-state index in [9.17, 15) is 0 Å². The molecule has 0 N–H and O–H groups in total. The molecule has 20 heavy (non-hydrogen) atoms. The third-order valence-corrected chi connectivity index (χ3v) is 4.89. The summed E-state index contributed by atoms with van der Waals surface area (Å²) in [5.74, 6) is 0. The molecule has 2 aromatic rings. The van der Waals surface area contributed by atoms with Crippen molar-refractivity contribution in [3.05, 3.63) is 66.6 Å². The van der Waals surface area contributed by atoms with E-state index in [0.29, 0.717) is 12.1 Å². The van der Waals surface area contributed by atoms with Gasteiger partial charge in [-0.2, -0.15) is 0 Å². The molecule has 0 heterocycles. The summed E-state index contributed by atoms with van der Waals surface area (Å²) in [6.07, 6.45) is 1.55. The molecular weight excluding hydrogens is 359 g/mol. The molecule has 6 heteroatoms. The molecule has 0 bridgehead atoms. The molecule has 0 amide bonds. The van der Waals surface area contributed by atoms with Gasteiger partial charge in [0.25, 0.3) is 0 Å². The van der Waals surface area contributed by atoms with Gasteiger partial charge in [0.05, 0.1) is 31.7 Å². The Hall–Kier alpha value is -0.440. The molecule has 0 aliphatic heterocycles. The lowest BCUT2D eigenvalue weighted by Gasteiger charge is -2.08. The maximum atomic E-state index is 6.11. The molecule has 104 valence electrons. The predicted molar refractivity (Wildman–Crippen MR) is 89.2 cm³/mol. The smallest absolute Gasteiger partial charge is 0.0809 e. The van der Waals surface area contributed by atoms with Crippen LogP contribution >= 0.6 is 58.0 Å². The maximum absolute atomic E-state index is 6.11. The molecular formula is C14H8Cl5N. The van der Waals surface area contributed by atoms with Gasteiger partial charge in [-0.1, -0.05) is 88.3 Å². The quantitative estimate of drug-likeness (QED) is 0.330. The Kier molecular flexibility index (Phi) is 5.59. The van der Waals surface area contributed by atoms with Crippen LogP contribution in [0.5, 0.6) is 0 Å². The third kappa shape index (κ3) is 3.41. The highest BCUT2D eigenvalue weighted by Crippen LogP contribution is 2.43. The van der Waals surface area contributed by atoms with Crippen molar-refractivity contribution in [2.24, 2.45) is 4.99 Å². The van der Waals surface area contributed by atoms with Crippen LogP contribution in [0.4, 0.5) is 0 Å². The largest absolute Gasteiger partial charge is 0.288 e. The molecule has 0 aliphatic carbocycles. The first-order valence-corrected chi connectivity index (χ1v) is 7.46. The number of benzene rings is 2. The predicted octanol–water partition coefficient (Wildman–Crippen LogP) is 6.57. The first kappa shape index (κ1) is 15.9. The average molecular weight is 367 g/mol. The van der Waals surface area contributed by atoms with E-state index in [4.69, 9.17) is 58.0 Å². The van der Waals surface area contributed by atoms with Crippen LogP contribution in [0, 0.1) is 0 Å². The Morgan fingerprint density at radius 2 is 1.25 bits per heavy atom. The Bertz CT molecular complexity index is 623. The monoisotopic (exact) mass is 365 g/mol. The van der Waals surface area contributed by atoms with Gasteiger partial charge in [-0.3, -0.25) is 4.99 Å². The number of halogens is 5. The summed E-state index contributed by atoms with van der Waals surface area (Å²) in [7, 11) is 0. The van der Waals surface area contributed by atoms with Crippen LogP contribution in [0.25, 0.3) is 0 Å². The van der Waals surface area contributed by atoms with Crippen molar-refractivity contribution in [1.29, 1.82) is 0 Å². The van der Waals surface area contributed by atoms with Crippen LogP contribution in [-0.2, 0) is 6.54 Å². The minimum atomic E-state index is 0.142. The lowest BCUT2D eigenvalue weighted by atomic mass is 10.2. The zero-order valence-corrected chi connectivity index (χ0v) is 13.8. The Balaban J connectivity index is 2.30. The van der Waals surface area contributed by atoms with Crippen molar-refractivity contribution in [1.82, 2.24) is 0 Å². The lowest BCUT2D eigenvalue weighted by molar-refractivity contribution is 1.08. The van der Waals surface area contributed by atoms with Gasteiger partial charge in [0.1, 0.15) is 0 Å². The molecule has 0 radical (unpaired) electrons. The van der Waals surface area contributed by atoms with E-state index in [1.165, 1.54) is 0 Å². The van der Waals surface area contributed by atoms with Crippen molar-refractivity contribution in [3.63, 3.8) is 0 Å². The standard InChI is InChI=1S/C14H8Cl5N/c15-10-9(11(16)13(18)14(19)12(10)17)7-20-6-8-4-2-1-3-5-8/h1-5,7H,6H2. The van der Waals surface area contributed by atoms with E-state index in [1.807, 2.05) is 30.3 Å². The fourth-order valence-corrected chi connectivity index (χ4v) is 2.81. The fraction of sp³-hybridized carbons (Fsp3) is 0.0714. The van der Waals surface area contributed by atoms with Crippen molar-refractivity contribution in [3.8, 4) is 0 Å². The summed E-state index contributed by atoms with van der Waals surface area (Å²) in [5.41, 5.74) is 1.53. The second-order valence-electron chi connectivity index (χ2n) is 3.94. The van der Waals surface area contributed by atoms with E-state index in [1.54, 1.807) is 6.21 Å². The zero-order valence-electron chi connectivity index (χ0n) is 10.0. The van der Waals surface area contributed by atoms with Gasteiger partial charge < -0.3 is 0 Å². The van der Waals surface area contributed by atoms with Crippen molar-refractivity contribution in [2.45, 2.75) is 6.54 Å². The normalized spacial score (nSPS) is 11.2. The van der Waals surface area contributed by atoms with Gasteiger partial charge in [0, 0.05) is 11.8 Å². The van der Waals surface area contributed by atoms with Crippen molar-refractivity contribution < 1.29 is 0 Å². The van der Waals surface area contributed by atoms with Crippen molar-refractivity contribution >= 4 is 64.2 Å². The van der Waals surface area contributed by atoms with Crippen molar-refractivity contribution in [2.75, 3.05) is 0 Å². The van der Waals surface area contributed by atoms with E-state index in [2.05, 4.69) is 4.99 Å². The summed E-state index contributed by atoms with van der Waals surface area (Å²) in [4.78, 5) is 4.29. The van der Waals surface area contributed by atoms with Gasteiger partial charge in [-0.25, -0.2) is 0 Å². The molecule has 0 atom stereocenters. The van der Waals surface area contributed by atoms with E-state index >= 15 is 0 Å². The van der Waals surface area contributed by atoms with Gasteiger partial charge in [-0.05, 0) is 5.56 Å². The topological polar surface area (TPSA) is 12.4 Å². The number of hydrogen-bond donors (Lipinski definition) is 0. The summed E-state index contributed by atoms with van der Waals surface area (Å²) >= 11 is 30.1. The Morgan fingerprint density at radius 1 is 0.750 bits per heavy atom. The summed E-state index contributed by atoms with van der Waals surface area (Å²) < 4.78 is 0. The van der Waals surface area contributed by atoms with Crippen LogP contribution in [0.3, 0.4) is 0 Å². The van der Waals surface area contributed by atoms with Gasteiger partial charge in [0.2, 0.25) is 0 Å². The molecule has 0 saturated heterocycles. The minimum absolute atomic E-state index is 0.142. The van der Waals surface area contributed by atoms with E-state index < -0.39 is 0 Å². The molecule has 0 aliphatic rings. The van der Waals surface area contributed by atoms with Crippen LogP contribution < -0.4 is 0 Å².